The largest absolute Gasteiger partial charge is 0.444 e. The van der Waals surface area contributed by atoms with Gasteiger partial charge in [-0.1, -0.05) is 37.7 Å². The lowest BCUT2D eigenvalue weighted by molar-refractivity contribution is 0.0523. The number of carbonyl (C=O) groups is 1. The van der Waals surface area contributed by atoms with E-state index in [1.165, 1.54) is 0 Å². The van der Waals surface area contributed by atoms with Crippen LogP contribution in [0.25, 0.3) is 0 Å². The van der Waals surface area contributed by atoms with E-state index in [0.717, 1.165) is 17.2 Å². The molecule has 0 atom stereocenters. The van der Waals surface area contributed by atoms with Gasteiger partial charge in [-0.3, -0.25) is 0 Å². The first-order valence-electron chi connectivity index (χ1n) is 7.60. The van der Waals surface area contributed by atoms with Crippen molar-refractivity contribution >= 4 is 14.2 Å². The lowest BCUT2D eigenvalue weighted by Gasteiger charge is -2.19. The Balaban J connectivity index is 2.50. The maximum Gasteiger partial charge on any atom is 0.407 e. The topological polar surface area (TPSA) is 38.3 Å². The molecule has 0 fully saturated rings. The van der Waals surface area contributed by atoms with E-state index in [0.29, 0.717) is 6.54 Å². The molecular formula is C18H27NO2Si. The lowest BCUT2D eigenvalue weighted by Crippen LogP contribution is -2.32. The van der Waals surface area contributed by atoms with E-state index in [4.69, 9.17) is 4.74 Å². The molecule has 0 aliphatic rings. The smallest absolute Gasteiger partial charge is 0.407 e. The van der Waals surface area contributed by atoms with E-state index in [1.807, 2.05) is 45.0 Å². The fraction of sp³-hybridized carbons (Fsp3) is 0.500. The molecule has 0 bridgehead atoms. The van der Waals surface area contributed by atoms with Crippen LogP contribution in [0.2, 0.25) is 25.7 Å². The number of benzene rings is 1. The molecule has 0 aromatic heterocycles. The highest BCUT2D eigenvalue weighted by molar-refractivity contribution is 6.76. The van der Waals surface area contributed by atoms with Crippen molar-refractivity contribution in [3.63, 3.8) is 0 Å². The number of hydrogen-bond donors (Lipinski definition) is 1. The Bertz CT molecular complexity index is 554. The van der Waals surface area contributed by atoms with Crippen molar-refractivity contribution in [1.29, 1.82) is 0 Å². The minimum Gasteiger partial charge on any atom is -0.444 e. The van der Waals surface area contributed by atoms with Gasteiger partial charge in [0.2, 0.25) is 0 Å². The minimum absolute atomic E-state index is 0.397. The van der Waals surface area contributed by atoms with Crippen LogP contribution in [0.4, 0.5) is 4.79 Å². The van der Waals surface area contributed by atoms with Crippen molar-refractivity contribution in [2.75, 3.05) is 0 Å². The molecule has 22 heavy (non-hydrogen) atoms. The van der Waals surface area contributed by atoms with Gasteiger partial charge in [0.05, 0.1) is 8.07 Å². The fourth-order valence-corrected chi connectivity index (χ4v) is 2.22. The highest BCUT2D eigenvalue weighted by Gasteiger charge is 2.15. The molecule has 120 valence electrons. The van der Waals surface area contributed by atoms with Crippen LogP contribution in [0.1, 0.15) is 31.9 Å². The molecule has 0 heterocycles. The van der Waals surface area contributed by atoms with Gasteiger partial charge in [0, 0.05) is 18.2 Å². The number of nitrogens with one attached hydrogen (secondary N) is 1. The zero-order valence-electron chi connectivity index (χ0n) is 14.5. The van der Waals surface area contributed by atoms with Gasteiger partial charge in [-0.25, -0.2) is 4.79 Å². The third-order valence-electron chi connectivity index (χ3n) is 2.64. The molecule has 3 nitrogen and oxygen atoms in total. The van der Waals surface area contributed by atoms with Crippen molar-refractivity contribution < 1.29 is 9.53 Å². The van der Waals surface area contributed by atoms with E-state index in [-0.39, 0.29) is 0 Å². The molecule has 1 amide bonds. The second kappa shape index (κ2) is 7.51. The van der Waals surface area contributed by atoms with Crippen molar-refractivity contribution in [3.8, 4) is 11.8 Å². The molecule has 4 heteroatoms. The number of alkyl carbamates (subject to hydrolysis) is 1. The molecule has 0 radical (unpaired) electrons. The molecule has 1 aromatic rings. The van der Waals surface area contributed by atoms with Gasteiger partial charge in [0.15, 0.2) is 0 Å². The Morgan fingerprint density at radius 3 is 2.27 bits per heavy atom. The number of carbonyl (C=O) groups excluding carboxylic acids is 1. The van der Waals surface area contributed by atoms with E-state index in [2.05, 4.69) is 36.8 Å². The Morgan fingerprint density at radius 2 is 1.77 bits per heavy atom. The van der Waals surface area contributed by atoms with E-state index in [1.54, 1.807) is 0 Å². The number of ether oxygens (including phenoxy) is 1. The summed E-state index contributed by atoms with van der Waals surface area (Å²) in [5.41, 5.74) is 1.57. The third-order valence-corrected chi connectivity index (χ3v) is 3.88. The molecular weight excluding hydrogens is 290 g/mol. The van der Waals surface area contributed by atoms with Gasteiger partial charge in [-0.2, -0.15) is 0 Å². The molecule has 1 aromatic carbocycles. The van der Waals surface area contributed by atoms with Crippen LogP contribution in [0.3, 0.4) is 0 Å². The van der Waals surface area contributed by atoms with Crippen molar-refractivity contribution in [1.82, 2.24) is 5.32 Å². The van der Waals surface area contributed by atoms with Crippen molar-refractivity contribution in [2.24, 2.45) is 0 Å². The predicted octanol–water partition coefficient (Wildman–Crippen LogP) is 4.40. The third kappa shape index (κ3) is 8.53. The summed E-state index contributed by atoms with van der Waals surface area (Å²) in [6.07, 6.45) is -0.397. The number of rotatable bonds is 3. The van der Waals surface area contributed by atoms with Crippen LogP contribution in [-0.4, -0.2) is 19.8 Å². The predicted molar refractivity (Wildman–Crippen MR) is 94.5 cm³/mol. The maximum atomic E-state index is 11.6. The Hall–Kier alpha value is -1.73. The SMILES string of the molecule is CC(C)(C)OC(=O)NCc1ccc(C#CC[Si](C)(C)C)cc1. The van der Waals surface area contributed by atoms with E-state index < -0.39 is 19.8 Å². The summed E-state index contributed by atoms with van der Waals surface area (Å²) in [5, 5.41) is 2.75. The van der Waals surface area contributed by atoms with Gasteiger partial charge in [0.1, 0.15) is 5.60 Å². The van der Waals surface area contributed by atoms with Crippen LogP contribution >= 0.6 is 0 Å². The Kier molecular flexibility index (Phi) is 6.25. The van der Waals surface area contributed by atoms with Gasteiger partial charge in [-0.15, -0.1) is 5.92 Å². The fourth-order valence-electron chi connectivity index (χ4n) is 1.61. The summed E-state index contributed by atoms with van der Waals surface area (Å²) in [5.74, 6) is 6.46. The summed E-state index contributed by atoms with van der Waals surface area (Å²) < 4.78 is 5.20. The maximum absolute atomic E-state index is 11.6. The minimum atomic E-state index is -1.10. The monoisotopic (exact) mass is 317 g/mol. The Labute approximate surface area is 135 Å². The Morgan fingerprint density at radius 1 is 1.18 bits per heavy atom. The summed E-state index contributed by atoms with van der Waals surface area (Å²) >= 11 is 0. The lowest BCUT2D eigenvalue weighted by atomic mass is 10.1. The van der Waals surface area contributed by atoms with Crippen molar-refractivity contribution in [3.05, 3.63) is 35.4 Å². The summed E-state index contributed by atoms with van der Waals surface area (Å²) in [4.78, 5) is 11.6. The molecule has 0 saturated heterocycles. The average molecular weight is 318 g/mol. The van der Waals surface area contributed by atoms with Gasteiger partial charge < -0.3 is 10.1 Å². The standard InChI is InChI=1S/C18H27NO2Si/c1-18(2,3)21-17(20)19-14-16-11-9-15(10-12-16)8-7-13-22(4,5)6/h9-12H,13-14H2,1-6H3,(H,19,20). The number of hydrogen-bond acceptors (Lipinski definition) is 2. The molecule has 1 N–H and O–H groups in total. The average Bonchev–Trinajstić information content (AvgIpc) is 2.34. The van der Waals surface area contributed by atoms with Gasteiger partial charge >= 0.3 is 6.09 Å². The van der Waals surface area contributed by atoms with Crippen LogP contribution in [0, 0.1) is 11.8 Å². The second-order valence-corrected chi connectivity index (χ2v) is 13.1. The molecule has 0 aliphatic carbocycles. The van der Waals surface area contributed by atoms with Crippen LogP contribution in [-0.2, 0) is 11.3 Å². The van der Waals surface area contributed by atoms with Crippen LogP contribution in [0.15, 0.2) is 24.3 Å². The van der Waals surface area contributed by atoms with Gasteiger partial charge in [0.25, 0.3) is 0 Å². The molecule has 1 rings (SSSR count). The summed E-state index contributed by atoms with van der Waals surface area (Å²) in [6.45, 7) is 12.9. The first kappa shape index (κ1) is 18.3. The number of amides is 1. The highest BCUT2D eigenvalue weighted by atomic mass is 28.3. The zero-order chi connectivity index (χ0) is 16.8. The summed E-state index contributed by atoms with van der Waals surface area (Å²) in [6, 6.07) is 8.95. The quantitative estimate of drug-likeness (QED) is 0.663. The van der Waals surface area contributed by atoms with E-state index in [9.17, 15) is 4.79 Å². The zero-order valence-corrected chi connectivity index (χ0v) is 15.5. The van der Waals surface area contributed by atoms with E-state index >= 15 is 0 Å². The molecule has 0 saturated carbocycles. The molecule has 0 unspecified atom stereocenters. The summed E-state index contributed by atoms with van der Waals surface area (Å²) in [7, 11) is -1.10. The highest BCUT2D eigenvalue weighted by Crippen LogP contribution is 2.09. The second-order valence-electron chi connectivity index (χ2n) is 7.59. The first-order chi connectivity index (χ1) is 10.1. The molecule has 0 aliphatic heterocycles. The van der Waals surface area contributed by atoms with Crippen LogP contribution in [0.5, 0.6) is 0 Å². The molecule has 0 spiro atoms. The first-order valence-corrected chi connectivity index (χ1v) is 11.3. The van der Waals surface area contributed by atoms with Gasteiger partial charge in [-0.05, 0) is 38.5 Å². The van der Waals surface area contributed by atoms with Crippen molar-refractivity contribution in [2.45, 2.75) is 58.6 Å². The normalized spacial score (nSPS) is 11.4. The van der Waals surface area contributed by atoms with Crippen LogP contribution < -0.4 is 5.32 Å².